The van der Waals surface area contributed by atoms with Crippen molar-refractivity contribution in [3.8, 4) is 0 Å². The highest BCUT2D eigenvalue weighted by Crippen LogP contribution is 2.22. The molecule has 0 atom stereocenters. The minimum atomic E-state index is -0.745. The largest absolute Gasteiger partial charge is 0.481 e. The van der Waals surface area contributed by atoms with Crippen LogP contribution >= 0.6 is 23.2 Å². The highest BCUT2D eigenvalue weighted by molar-refractivity contribution is 6.41. The molecule has 0 spiro atoms. The minimum absolute atomic E-state index is 0.222. The van der Waals surface area contributed by atoms with E-state index in [2.05, 4.69) is 52.0 Å². The maximum Gasteiger partial charge on any atom is 0.303 e. The molecule has 1 N–H and O–H groups in total. The summed E-state index contributed by atoms with van der Waals surface area (Å²) in [5, 5.41) is 8.96. The zero-order valence-electron chi connectivity index (χ0n) is 15.9. The third kappa shape index (κ3) is 10.9. The number of rotatable bonds is 1. The molecule has 0 bridgehead atoms. The number of halogens is 2. The maximum absolute atomic E-state index is 9.37. The van der Waals surface area contributed by atoms with Gasteiger partial charge in [0.05, 0.1) is 10.0 Å². The highest BCUT2D eigenvalue weighted by Gasteiger charge is 2.11. The van der Waals surface area contributed by atoms with Crippen molar-refractivity contribution >= 4 is 29.2 Å². The van der Waals surface area contributed by atoms with Gasteiger partial charge in [0.25, 0.3) is 0 Å². The third-order valence-electron chi connectivity index (χ3n) is 3.30. The molecule has 0 aliphatic carbocycles. The van der Waals surface area contributed by atoms with Crippen LogP contribution in [0.25, 0.3) is 0 Å². The van der Waals surface area contributed by atoms with Gasteiger partial charge in [-0.3, -0.25) is 4.79 Å². The van der Waals surface area contributed by atoms with E-state index in [1.807, 2.05) is 19.1 Å². The van der Waals surface area contributed by atoms with Crippen molar-refractivity contribution in [1.29, 1.82) is 0 Å². The summed E-state index contributed by atoms with van der Waals surface area (Å²) >= 11 is 11.3. The molecular weight excluding hydrogens is 355 g/mol. The molecule has 0 saturated carbocycles. The molecule has 0 amide bonds. The van der Waals surface area contributed by atoms with Crippen LogP contribution in [0.15, 0.2) is 42.5 Å². The zero-order chi connectivity index (χ0) is 19.6. The second-order valence-electron chi connectivity index (χ2n) is 6.78. The Labute approximate surface area is 161 Å². The highest BCUT2D eigenvalue weighted by atomic mass is 35.5. The molecular formula is C21H28Cl2O2. The fraction of sp³-hybridized carbons (Fsp3) is 0.381. The van der Waals surface area contributed by atoms with Gasteiger partial charge in [0.15, 0.2) is 0 Å². The van der Waals surface area contributed by atoms with Crippen molar-refractivity contribution in [2.45, 2.75) is 53.4 Å². The van der Waals surface area contributed by atoms with Crippen LogP contribution in [0.4, 0.5) is 0 Å². The van der Waals surface area contributed by atoms with Gasteiger partial charge in [0.1, 0.15) is 0 Å². The van der Waals surface area contributed by atoms with Gasteiger partial charge < -0.3 is 5.11 Å². The monoisotopic (exact) mass is 382 g/mol. The summed E-state index contributed by atoms with van der Waals surface area (Å²) in [5.41, 5.74) is 4.15. The summed E-state index contributed by atoms with van der Waals surface area (Å²) in [7, 11) is 0. The summed E-state index contributed by atoms with van der Waals surface area (Å²) in [6.07, 6.45) is 0.222. The predicted molar refractivity (Wildman–Crippen MR) is 109 cm³/mol. The Morgan fingerprint density at radius 1 is 0.920 bits per heavy atom. The topological polar surface area (TPSA) is 37.3 Å². The molecule has 2 rings (SSSR count). The lowest BCUT2D eigenvalue weighted by atomic mass is 9.87. The van der Waals surface area contributed by atoms with Crippen molar-refractivity contribution in [2.75, 3.05) is 0 Å². The molecule has 0 fully saturated rings. The van der Waals surface area contributed by atoms with E-state index < -0.39 is 5.97 Å². The van der Waals surface area contributed by atoms with E-state index in [0.29, 0.717) is 10.0 Å². The number of aryl methyl sites for hydroxylation is 2. The minimum Gasteiger partial charge on any atom is -0.481 e. The van der Waals surface area contributed by atoms with Crippen LogP contribution in [0.1, 0.15) is 50.8 Å². The fourth-order valence-electron chi connectivity index (χ4n) is 1.65. The van der Waals surface area contributed by atoms with Crippen LogP contribution in [0.2, 0.25) is 10.0 Å². The first-order valence-electron chi connectivity index (χ1n) is 8.18. The summed E-state index contributed by atoms with van der Waals surface area (Å²) in [4.78, 5) is 9.37. The summed E-state index contributed by atoms with van der Waals surface area (Å²) in [5.74, 6) is -0.745. The van der Waals surface area contributed by atoms with Crippen molar-refractivity contribution in [3.05, 3.63) is 69.2 Å². The van der Waals surface area contributed by atoms with Gasteiger partial charge in [-0.05, 0) is 42.5 Å². The van der Waals surface area contributed by atoms with Crippen LogP contribution in [0.5, 0.6) is 0 Å². The number of hydrogen-bond acceptors (Lipinski definition) is 1. The van der Waals surface area contributed by atoms with Crippen LogP contribution in [-0.4, -0.2) is 11.1 Å². The van der Waals surface area contributed by atoms with Crippen molar-refractivity contribution in [2.24, 2.45) is 0 Å². The molecule has 2 aromatic carbocycles. The third-order valence-corrected chi connectivity index (χ3v) is 4.03. The number of carboxylic acids is 1. The molecule has 0 aromatic heterocycles. The molecule has 2 nitrogen and oxygen atoms in total. The number of carboxylic acid groups (broad SMARTS) is 1. The van der Waals surface area contributed by atoms with E-state index in [1.165, 1.54) is 11.1 Å². The van der Waals surface area contributed by atoms with Gasteiger partial charge in [-0.25, -0.2) is 0 Å². The lowest BCUT2D eigenvalue weighted by molar-refractivity contribution is -0.136. The molecule has 0 unspecified atom stereocenters. The standard InChI is InChI=1S/C11H16.C7H6Cl2.C3H6O2/c1-9-5-7-10(8-6-9)11(2,3)4;1-5-2-3-6(8)7(9)4-5;1-2-3(4)5/h5-8H,1-4H3;2-4H,1H3;2H2,1H3,(H,4,5). The number of hydrogen-bond donors (Lipinski definition) is 1. The molecule has 2 aromatic rings. The van der Waals surface area contributed by atoms with E-state index >= 15 is 0 Å². The summed E-state index contributed by atoms with van der Waals surface area (Å²) in [6.45, 7) is 12.4. The number of carbonyl (C=O) groups is 1. The van der Waals surface area contributed by atoms with Crippen LogP contribution < -0.4 is 0 Å². The Kier molecular flexibility index (Phi) is 10.5. The predicted octanol–water partition coefficient (Wildman–Crippen LogP) is 7.08. The Balaban J connectivity index is 0.000000372. The molecule has 138 valence electrons. The van der Waals surface area contributed by atoms with Crippen LogP contribution in [0, 0.1) is 13.8 Å². The molecule has 0 radical (unpaired) electrons. The van der Waals surface area contributed by atoms with E-state index in [9.17, 15) is 4.79 Å². The van der Waals surface area contributed by atoms with Gasteiger partial charge in [-0.2, -0.15) is 0 Å². The van der Waals surface area contributed by atoms with Crippen molar-refractivity contribution in [1.82, 2.24) is 0 Å². The molecule has 0 heterocycles. The SMILES string of the molecule is CCC(=O)O.Cc1ccc(C(C)(C)C)cc1.Cc1ccc(Cl)c(Cl)c1. The van der Waals surface area contributed by atoms with Gasteiger partial charge in [0, 0.05) is 6.42 Å². The summed E-state index contributed by atoms with van der Waals surface area (Å²) in [6, 6.07) is 14.3. The summed E-state index contributed by atoms with van der Waals surface area (Å²) < 4.78 is 0. The Hall–Kier alpha value is -1.51. The molecule has 0 saturated heterocycles. The lowest BCUT2D eigenvalue weighted by Crippen LogP contribution is -2.10. The average Bonchev–Trinajstić information content (AvgIpc) is 2.52. The van der Waals surface area contributed by atoms with E-state index in [1.54, 1.807) is 13.0 Å². The second-order valence-corrected chi connectivity index (χ2v) is 7.60. The normalized spacial score (nSPS) is 10.1. The number of benzene rings is 2. The molecule has 4 heteroatoms. The van der Waals surface area contributed by atoms with Crippen LogP contribution in [-0.2, 0) is 10.2 Å². The first-order valence-corrected chi connectivity index (χ1v) is 8.93. The van der Waals surface area contributed by atoms with Gasteiger partial charge in [-0.1, -0.05) is 86.8 Å². The van der Waals surface area contributed by atoms with Gasteiger partial charge in [0.2, 0.25) is 0 Å². The maximum atomic E-state index is 9.37. The zero-order valence-corrected chi connectivity index (χ0v) is 17.4. The Bertz CT molecular complexity index is 657. The van der Waals surface area contributed by atoms with Gasteiger partial charge in [-0.15, -0.1) is 0 Å². The van der Waals surface area contributed by atoms with E-state index in [-0.39, 0.29) is 11.8 Å². The van der Waals surface area contributed by atoms with Crippen molar-refractivity contribution < 1.29 is 9.90 Å². The average molecular weight is 383 g/mol. The first-order chi connectivity index (χ1) is 11.5. The number of aliphatic carboxylic acids is 1. The fourth-order valence-corrected chi connectivity index (χ4v) is 2.01. The smallest absolute Gasteiger partial charge is 0.303 e. The Morgan fingerprint density at radius 3 is 1.68 bits per heavy atom. The lowest BCUT2D eigenvalue weighted by Gasteiger charge is -2.18. The molecule has 0 aliphatic heterocycles. The van der Waals surface area contributed by atoms with E-state index in [4.69, 9.17) is 28.3 Å². The quantitative estimate of drug-likeness (QED) is 0.571. The van der Waals surface area contributed by atoms with E-state index in [0.717, 1.165) is 5.56 Å². The van der Waals surface area contributed by atoms with Crippen molar-refractivity contribution in [3.63, 3.8) is 0 Å². The molecule has 25 heavy (non-hydrogen) atoms. The van der Waals surface area contributed by atoms with Crippen LogP contribution in [0.3, 0.4) is 0 Å². The first kappa shape index (κ1) is 23.5. The second kappa shape index (κ2) is 11.2. The Morgan fingerprint density at radius 2 is 1.36 bits per heavy atom. The molecule has 0 aliphatic rings. The van der Waals surface area contributed by atoms with Gasteiger partial charge >= 0.3 is 5.97 Å².